The van der Waals surface area contributed by atoms with E-state index in [1.54, 1.807) is 0 Å². The van der Waals surface area contributed by atoms with E-state index >= 15 is 0 Å². The molecule has 3 N–H and O–H groups in total. The quantitative estimate of drug-likeness (QED) is 0.796. The highest BCUT2D eigenvalue weighted by Gasteiger charge is 2.47. The van der Waals surface area contributed by atoms with Crippen LogP contribution >= 0.6 is 0 Å². The Balaban J connectivity index is 2.06. The first kappa shape index (κ1) is 14.8. The van der Waals surface area contributed by atoms with Crippen LogP contribution in [0.4, 0.5) is 0 Å². The minimum atomic E-state index is -0.473. The van der Waals surface area contributed by atoms with Gasteiger partial charge in [-0.2, -0.15) is 0 Å². The molecule has 1 saturated heterocycles. The zero-order chi connectivity index (χ0) is 14.0. The van der Waals surface area contributed by atoms with Crippen LogP contribution in [0.2, 0.25) is 0 Å². The molecule has 0 aromatic carbocycles. The van der Waals surface area contributed by atoms with Crippen LogP contribution in [0.15, 0.2) is 0 Å². The first-order chi connectivity index (χ1) is 8.98. The lowest BCUT2D eigenvalue weighted by Gasteiger charge is -2.33. The smallest absolute Gasteiger partial charge is 0.237 e. The monoisotopic (exact) mass is 267 g/mol. The molecular weight excluding hydrogens is 238 g/mol. The first-order valence-corrected chi connectivity index (χ1v) is 7.82. The molecule has 2 aliphatic rings. The number of amides is 1. The van der Waals surface area contributed by atoms with Crippen molar-refractivity contribution in [3.8, 4) is 0 Å². The third kappa shape index (κ3) is 2.95. The van der Waals surface area contributed by atoms with Crippen molar-refractivity contribution in [2.75, 3.05) is 6.54 Å². The van der Waals surface area contributed by atoms with E-state index in [1.165, 1.54) is 25.8 Å². The predicted molar refractivity (Wildman–Crippen MR) is 77.9 cm³/mol. The number of carbonyl (C=O) groups is 1. The van der Waals surface area contributed by atoms with Crippen LogP contribution in [0, 0.1) is 0 Å². The highest BCUT2D eigenvalue weighted by molar-refractivity contribution is 5.85. The third-order valence-electron chi connectivity index (χ3n) is 4.89. The summed E-state index contributed by atoms with van der Waals surface area (Å²) in [6.07, 6.45) is 6.70. The zero-order valence-corrected chi connectivity index (χ0v) is 12.6. The van der Waals surface area contributed by atoms with Gasteiger partial charge in [0.15, 0.2) is 0 Å². The van der Waals surface area contributed by atoms with Gasteiger partial charge in [-0.15, -0.1) is 0 Å². The zero-order valence-electron chi connectivity index (χ0n) is 12.6. The number of carbonyl (C=O) groups excluding carboxylic acids is 1. The summed E-state index contributed by atoms with van der Waals surface area (Å²) in [5, 5.41) is 3.44. The van der Waals surface area contributed by atoms with Gasteiger partial charge >= 0.3 is 0 Å². The summed E-state index contributed by atoms with van der Waals surface area (Å²) in [7, 11) is 0. The average Bonchev–Trinajstić information content (AvgIpc) is 2.94. The molecule has 1 aliphatic heterocycles. The Morgan fingerprint density at radius 3 is 2.79 bits per heavy atom. The van der Waals surface area contributed by atoms with E-state index in [0.717, 1.165) is 19.3 Å². The van der Waals surface area contributed by atoms with Gasteiger partial charge in [0.05, 0.1) is 5.54 Å². The summed E-state index contributed by atoms with van der Waals surface area (Å²) in [4.78, 5) is 14.5. The molecule has 2 rings (SSSR count). The van der Waals surface area contributed by atoms with Crippen LogP contribution in [-0.4, -0.2) is 41.0 Å². The molecule has 1 saturated carbocycles. The van der Waals surface area contributed by atoms with Crippen LogP contribution < -0.4 is 11.1 Å². The molecule has 0 aromatic rings. The fourth-order valence-corrected chi connectivity index (χ4v) is 4.06. The molecular formula is C15H29N3O. The van der Waals surface area contributed by atoms with E-state index in [0.29, 0.717) is 18.1 Å². The number of nitrogens with zero attached hydrogens (tertiary/aromatic N) is 1. The number of nitrogens with one attached hydrogen (secondary N) is 1. The summed E-state index contributed by atoms with van der Waals surface area (Å²) in [5.74, 6) is -0.170. The molecule has 0 aromatic heterocycles. The largest absolute Gasteiger partial charge is 0.368 e. The van der Waals surface area contributed by atoms with Crippen molar-refractivity contribution in [1.82, 2.24) is 10.2 Å². The molecule has 19 heavy (non-hydrogen) atoms. The Morgan fingerprint density at radius 1 is 1.47 bits per heavy atom. The van der Waals surface area contributed by atoms with E-state index < -0.39 is 5.54 Å². The van der Waals surface area contributed by atoms with E-state index in [4.69, 9.17) is 5.73 Å². The number of nitrogens with two attached hydrogens (primary N) is 1. The lowest BCUT2D eigenvalue weighted by atomic mass is 9.95. The van der Waals surface area contributed by atoms with E-state index in [9.17, 15) is 4.79 Å². The van der Waals surface area contributed by atoms with Gasteiger partial charge in [0, 0.05) is 18.1 Å². The standard InChI is InChI=1S/C15H29N3O/c1-4-12-6-5-9-18(12)13-7-8-15(10-13,14(16)19)17-11(2)3/h11-13,17H,4-10H2,1-3H3,(H2,16,19). The second-order valence-electron chi connectivity index (χ2n) is 6.58. The van der Waals surface area contributed by atoms with Gasteiger partial charge in [-0.1, -0.05) is 6.92 Å². The van der Waals surface area contributed by atoms with Crippen molar-refractivity contribution in [2.45, 2.75) is 83.0 Å². The molecule has 0 bridgehead atoms. The molecule has 1 heterocycles. The fraction of sp³-hybridized carbons (Fsp3) is 0.933. The van der Waals surface area contributed by atoms with Gasteiger partial charge in [0.25, 0.3) is 0 Å². The molecule has 1 amide bonds. The number of hydrogen-bond acceptors (Lipinski definition) is 3. The van der Waals surface area contributed by atoms with Crippen LogP contribution in [0.3, 0.4) is 0 Å². The molecule has 3 unspecified atom stereocenters. The van der Waals surface area contributed by atoms with Crippen molar-refractivity contribution in [3.63, 3.8) is 0 Å². The van der Waals surface area contributed by atoms with E-state index in [-0.39, 0.29) is 5.91 Å². The second-order valence-corrected chi connectivity index (χ2v) is 6.58. The van der Waals surface area contributed by atoms with Crippen molar-refractivity contribution >= 4 is 5.91 Å². The number of hydrogen-bond donors (Lipinski definition) is 2. The van der Waals surface area contributed by atoms with E-state index in [2.05, 4.69) is 31.0 Å². The summed E-state index contributed by atoms with van der Waals surface area (Å²) < 4.78 is 0. The SMILES string of the molecule is CCC1CCCN1C1CCC(NC(C)C)(C(N)=O)C1. The summed E-state index contributed by atoms with van der Waals surface area (Å²) in [5.41, 5.74) is 5.22. The van der Waals surface area contributed by atoms with Gasteiger partial charge in [0.2, 0.25) is 5.91 Å². The lowest BCUT2D eigenvalue weighted by molar-refractivity contribution is -0.124. The second kappa shape index (κ2) is 5.80. The Labute approximate surface area is 117 Å². The maximum atomic E-state index is 11.9. The van der Waals surface area contributed by atoms with Crippen molar-refractivity contribution < 1.29 is 4.79 Å². The van der Waals surface area contributed by atoms with Crippen molar-refractivity contribution in [1.29, 1.82) is 0 Å². The topological polar surface area (TPSA) is 58.4 Å². The van der Waals surface area contributed by atoms with Crippen LogP contribution in [0.25, 0.3) is 0 Å². The van der Waals surface area contributed by atoms with Crippen molar-refractivity contribution in [3.05, 3.63) is 0 Å². The highest BCUT2D eigenvalue weighted by atomic mass is 16.1. The summed E-state index contributed by atoms with van der Waals surface area (Å²) in [6.45, 7) is 7.64. The Bertz CT molecular complexity index is 331. The first-order valence-electron chi connectivity index (χ1n) is 7.82. The maximum Gasteiger partial charge on any atom is 0.237 e. The maximum absolute atomic E-state index is 11.9. The molecule has 4 nitrogen and oxygen atoms in total. The normalized spacial score (nSPS) is 36.2. The molecule has 4 heteroatoms. The Morgan fingerprint density at radius 2 is 2.21 bits per heavy atom. The lowest BCUT2D eigenvalue weighted by Crippen LogP contribution is -2.57. The fourth-order valence-electron chi connectivity index (χ4n) is 4.06. The van der Waals surface area contributed by atoms with Gasteiger partial charge in [0.1, 0.15) is 0 Å². The average molecular weight is 267 g/mol. The van der Waals surface area contributed by atoms with Crippen molar-refractivity contribution in [2.24, 2.45) is 5.73 Å². The summed E-state index contributed by atoms with van der Waals surface area (Å²) >= 11 is 0. The van der Waals surface area contributed by atoms with E-state index in [1.807, 2.05) is 0 Å². The Kier molecular flexibility index (Phi) is 4.51. The minimum absolute atomic E-state index is 0.170. The van der Waals surface area contributed by atoms with Gasteiger partial charge in [-0.25, -0.2) is 0 Å². The predicted octanol–water partition coefficient (Wildman–Crippen LogP) is 1.64. The van der Waals surface area contributed by atoms with Crippen LogP contribution in [0.5, 0.6) is 0 Å². The molecule has 110 valence electrons. The molecule has 2 fully saturated rings. The van der Waals surface area contributed by atoms with Gasteiger partial charge < -0.3 is 11.1 Å². The van der Waals surface area contributed by atoms with Crippen LogP contribution in [0.1, 0.15) is 59.3 Å². The van der Waals surface area contributed by atoms with Crippen LogP contribution in [-0.2, 0) is 4.79 Å². The number of rotatable bonds is 5. The molecule has 1 aliphatic carbocycles. The Hall–Kier alpha value is -0.610. The molecule has 0 spiro atoms. The number of primary amides is 1. The number of likely N-dealkylation sites (tertiary alicyclic amines) is 1. The molecule has 3 atom stereocenters. The van der Waals surface area contributed by atoms with Gasteiger partial charge in [-0.3, -0.25) is 9.69 Å². The highest BCUT2D eigenvalue weighted by Crippen LogP contribution is 2.37. The summed E-state index contributed by atoms with van der Waals surface area (Å²) in [6, 6.07) is 1.55. The van der Waals surface area contributed by atoms with Gasteiger partial charge in [-0.05, 0) is 58.9 Å². The molecule has 0 radical (unpaired) electrons. The minimum Gasteiger partial charge on any atom is -0.368 e. The third-order valence-corrected chi connectivity index (χ3v) is 4.89.